The Morgan fingerprint density at radius 2 is 1.95 bits per heavy atom. The molecule has 3 saturated carbocycles. The van der Waals surface area contributed by atoms with Crippen molar-refractivity contribution in [1.29, 1.82) is 0 Å². The van der Waals surface area contributed by atoms with Crippen LogP contribution >= 0.6 is 11.8 Å². The van der Waals surface area contributed by atoms with E-state index in [1.165, 1.54) is 20.0 Å². The predicted molar refractivity (Wildman–Crippen MR) is 91.0 cm³/mol. The largest absolute Gasteiger partial charge is 0.468 e. The van der Waals surface area contributed by atoms with Gasteiger partial charge in [0, 0.05) is 6.10 Å². The number of rotatable bonds is 6. The minimum Gasteiger partial charge on any atom is -0.468 e. The van der Waals surface area contributed by atoms with Crippen LogP contribution in [0.25, 0.3) is 0 Å². The van der Waals surface area contributed by atoms with Gasteiger partial charge in [0.05, 0.1) is 12.9 Å². The first-order chi connectivity index (χ1) is 9.65. The Labute approximate surface area is 134 Å². The van der Waals surface area contributed by atoms with Crippen molar-refractivity contribution in [2.24, 2.45) is 23.2 Å². The lowest BCUT2D eigenvalue weighted by Crippen LogP contribution is -2.60. The molecular formula is C16H30O3SSi. The molecule has 3 aliphatic carbocycles. The second-order valence-corrected chi connectivity index (χ2v) is 13.6. The number of methoxy groups -OCH3 is 1. The molecule has 0 aliphatic heterocycles. The number of carbonyl (C=O) groups excluding carboxylic acids is 1. The third-order valence-corrected chi connectivity index (χ3v) is 7.39. The first kappa shape index (κ1) is 17.4. The van der Waals surface area contributed by atoms with Gasteiger partial charge in [-0.05, 0) is 61.4 Å². The van der Waals surface area contributed by atoms with E-state index < -0.39 is 8.32 Å². The van der Waals surface area contributed by atoms with E-state index in [1.54, 1.807) is 11.8 Å². The lowest BCUT2D eigenvalue weighted by atomic mass is 9.45. The van der Waals surface area contributed by atoms with Crippen molar-refractivity contribution in [3.63, 3.8) is 0 Å². The fourth-order valence-corrected chi connectivity index (χ4v) is 6.35. The van der Waals surface area contributed by atoms with Crippen LogP contribution in [0.2, 0.25) is 19.6 Å². The van der Waals surface area contributed by atoms with Crippen LogP contribution < -0.4 is 0 Å². The highest BCUT2D eigenvalue weighted by atomic mass is 32.2. The van der Waals surface area contributed by atoms with Gasteiger partial charge in [-0.25, -0.2) is 0 Å². The molecule has 122 valence electrons. The number of hydrogen-bond acceptors (Lipinski definition) is 4. The van der Waals surface area contributed by atoms with E-state index in [0.29, 0.717) is 23.2 Å². The van der Waals surface area contributed by atoms with Gasteiger partial charge in [-0.1, -0.05) is 13.8 Å². The molecule has 0 radical (unpaired) electrons. The van der Waals surface area contributed by atoms with Crippen molar-refractivity contribution in [3.05, 3.63) is 0 Å². The molecule has 21 heavy (non-hydrogen) atoms. The van der Waals surface area contributed by atoms with Crippen molar-refractivity contribution in [2.75, 3.05) is 18.6 Å². The molecule has 3 fully saturated rings. The van der Waals surface area contributed by atoms with Crippen LogP contribution in [0.4, 0.5) is 0 Å². The first-order valence-electron chi connectivity index (χ1n) is 7.97. The van der Waals surface area contributed by atoms with E-state index in [4.69, 9.17) is 9.16 Å². The van der Waals surface area contributed by atoms with Crippen molar-refractivity contribution in [1.82, 2.24) is 0 Å². The average molecular weight is 331 g/mol. The summed E-state index contributed by atoms with van der Waals surface area (Å²) in [6, 6.07) is 0. The number of ether oxygens (including phenoxy) is 1. The van der Waals surface area contributed by atoms with Crippen LogP contribution in [0.5, 0.6) is 0 Å². The minimum absolute atomic E-state index is 0.121. The standard InChI is InChI=1S/C16H30O3SSi/c1-16(2)11-7-13(16)12(9-20-10-15(17)18-3)14(8-11)19-21(4,5)6/h11-14H,7-10H2,1-6H3/t11-,12?,13+,14+/m1/s1. The van der Waals surface area contributed by atoms with Gasteiger partial charge in [-0.15, -0.1) is 11.8 Å². The second-order valence-electron chi connectivity index (χ2n) is 8.12. The molecule has 0 N–H and O–H groups in total. The summed E-state index contributed by atoms with van der Waals surface area (Å²) < 4.78 is 11.2. The highest BCUT2D eigenvalue weighted by Gasteiger charge is 2.58. The number of esters is 1. The summed E-state index contributed by atoms with van der Waals surface area (Å²) in [5.41, 5.74) is 0.454. The summed E-state index contributed by atoms with van der Waals surface area (Å²) in [6.07, 6.45) is 2.96. The highest BCUT2D eigenvalue weighted by molar-refractivity contribution is 7.99. The van der Waals surface area contributed by atoms with Gasteiger partial charge in [0.2, 0.25) is 0 Å². The van der Waals surface area contributed by atoms with Gasteiger partial charge >= 0.3 is 5.97 Å². The molecule has 0 heterocycles. The maximum atomic E-state index is 11.3. The number of thioether (sulfide) groups is 1. The molecule has 3 nitrogen and oxygen atoms in total. The molecule has 5 heteroatoms. The first-order valence-corrected chi connectivity index (χ1v) is 12.5. The molecule has 0 spiro atoms. The lowest BCUT2D eigenvalue weighted by molar-refractivity contribution is -0.147. The van der Waals surface area contributed by atoms with Gasteiger partial charge in [0.25, 0.3) is 0 Å². The van der Waals surface area contributed by atoms with Crippen LogP contribution in [0.3, 0.4) is 0 Å². The normalized spacial score (nSPS) is 34.2. The maximum absolute atomic E-state index is 11.3. The smallest absolute Gasteiger partial charge is 0.315 e. The summed E-state index contributed by atoms with van der Waals surface area (Å²) in [5, 5.41) is 0. The van der Waals surface area contributed by atoms with Crippen LogP contribution in [0.15, 0.2) is 0 Å². The molecule has 4 atom stereocenters. The Balaban J connectivity index is 1.98. The highest BCUT2D eigenvalue weighted by Crippen LogP contribution is 2.62. The number of fused-ring (bicyclic) bond motifs is 2. The predicted octanol–water partition coefficient (Wildman–Crippen LogP) is 3.79. The fraction of sp³-hybridized carbons (Fsp3) is 0.938. The van der Waals surface area contributed by atoms with Crippen molar-refractivity contribution >= 4 is 26.0 Å². The second kappa shape index (κ2) is 6.24. The molecule has 3 aliphatic rings. The Kier molecular flexibility index (Phi) is 5.16. The number of hydrogen-bond donors (Lipinski definition) is 0. The van der Waals surface area contributed by atoms with Gasteiger partial charge in [-0.3, -0.25) is 4.79 Å². The zero-order valence-electron chi connectivity index (χ0n) is 14.3. The van der Waals surface area contributed by atoms with Crippen LogP contribution in [0, 0.1) is 23.2 Å². The molecule has 3 rings (SSSR count). The van der Waals surface area contributed by atoms with Crippen molar-refractivity contribution in [3.8, 4) is 0 Å². The Bertz CT molecular complexity index is 391. The minimum atomic E-state index is -1.51. The van der Waals surface area contributed by atoms with Gasteiger partial charge in [-0.2, -0.15) is 0 Å². The molecule has 0 aromatic rings. The van der Waals surface area contributed by atoms with E-state index in [-0.39, 0.29) is 5.97 Å². The summed E-state index contributed by atoms with van der Waals surface area (Å²) >= 11 is 1.71. The van der Waals surface area contributed by atoms with Crippen LogP contribution in [0.1, 0.15) is 26.7 Å². The van der Waals surface area contributed by atoms with E-state index in [0.717, 1.165) is 17.6 Å². The van der Waals surface area contributed by atoms with Crippen LogP contribution in [-0.2, 0) is 14.0 Å². The summed E-state index contributed by atoms with van der Waals surface area (Å²) in [6.45, 7) is 11.6. The Morgan fingerprint density at radius 1 is 1.29 bits per heavy atom. The SMILES string of the molecule is COC(=O)CSCC1[C@@H](O[Si](C)(C)C)C[C@H]2C[C@@H]1C2(C)C. The molecule has 1 unspecified atom stereocenters. The monoisotopic (exact) mass is 330 g/mol. The average Bonchev–Trinajstić information content (AvgIpc) is 2.37. The summed E-state index contributed by atoms with van der Waals surface area (Å²) in [4.78, 5) is 11.3. The quantitative estimate of drug-likeness (QED) is 0.548. The third kappa shape index (κ3) is 3.85. The third-order valence-electron chi connectivity index (χ3n) is 5.32. The van der Waals surface area contributed by atoms with Crippen LogP contribution in [-0.4, -0.2) is 39.0 Å². The number of carbonyl (C=O) groups is 1. The molecule has 0 amide bonds. The molecule has 0 aromatic carbocycles. The molecular weight excluding hydrogens is 300 g/mol. The van der Waals surface area contributed by atoms with E-state index in [9.17, 15) is 4.79 Å². The lowest BCUT2D eigenvalue weighted by Gasteiger charge is -2.63. The maximum Gasteiger partial charge on any atom is 0.315 e. The molecule has 0 aromatic heterocycles. The van der Waals surface area contributed by atoms with E-state index in [2.05, 4.69) is 33.5 Å². The van der Waals surface area contributed by atoms with E-state index >= 15 is 0 Å². The Hall–Kier alpha value is -0.00312. The van der Waals surface area contributed by atoms with Gasteiger partial charge in [0.15, 0.2) is 8.32 Å². The summed E-state index contributed by atoms with van der Waals surface area (Å²) in [7, 11) is -0.0520. The van der Waals surface area contributed by atoms with Gasteiger partial charge in [0.1, 0.15) is 0 Å². The fourth-order valence-electron chi connectivity index (χ4n) is 4.05. The molecule has 2 bridgehead atoms. The zero-order chi connectivity index (χ0) is 15.8. The summed E-state index contributed by atoms with van der Waals surface area (Å²) in [5.74, 6) is 3.53. The zero-order valence-corrected chi connectivity index (χ0v) is 16.1. The van der Waals surface area contributed by atoms with E-state index in [1.807, 2.05) is 0 Å². The Morgan fingerprint density at radius 3 is 2.48 bits per heavy atom. The topological polar surface area (TPSA) is 35.5 Å². The molecule has 0 saturated heterocycles. The van der Waals surface area contributed by atoms with Crippen molar-refractivity contribution in [2.45, 2.75) is 52.4 Å². The van der Waals surface area contributed by atoms with Gasteiger partial charge < -0.3 is 9.16 Å². The van der Waals surface area contributed by atoms with Crippen molar-refractivity contribution < 1.29 is 14.0 Å².